The standard InChI is InChI=1S/C11H15NO3/c1-2-15-11(14)12(9-13)8-10-6-4-3-5-7-10/h3-7,13H,2,8-9H2,1H3. The number of hydrogen-bond donors (Lipinski definition) is 1. The third-order valence-corrected chi connectivity index (χ3v) is 1.91. The van der Waals surface area contributed by atoms with E-state index in [0.29, 0.717) is 13.2 Å². The molecule has 15 heavy (non-hydrogen) atoms. The smallest absolute Gasteiger partial charge is 0.411 e. The fourth-order valence-electron chi connectivity index (χ4n) is 1.19. The molecule has 0 radical (unpaired) electrons. The number of aliphatic hydroxyl groups is 1. The first-order valence-electron chi connectivity index (χ1n) is 4.84. The highest BCUT2D eigenvalue weighted by molar-refractivity contribution is 5.67. The van der Waals surface area contributed by atoms with E-state index in [1.807, 2.05) is 30.3 Å². The summed E-state index contributed by atoms with van der Waals surface area (Å²) >= 11 is 0. The summed E-state index contributed by atoms with van der Waals surface area (Å²) in [6.07, 6.45) is -0.496. The molecule has 1 aromatic rings. The largest absolute Gasteiger partial charge is 0.450 e. The number of aliphatic hydroxyl groups excluding tert-OH is 1. The predicted molar refractivity (Wildman–Crippen MR) is 56.1 cm³/mol. The number of hydrogen-bond acceptors (Lipinski definition) is 3. The molecule has 1 N–H and O–H groups in total. The van der Waals surface area contributed by atoms with Crippen molar-refractivity contribution in [2.24, 2.45) is 0 Å². The highest BCUT2D eigenvalue weighted by Gasteiger charge is 2.12. The van der Waals surface area contributed by atoms with Gasteiger partial charge >= 0.3 is 6.09 Å². The zero-order valence-electron chi connectivity index (χ0n) is 8.72. The van der Waals surface area contributed by atoms with Crippen molar-refractivity contribution < 1.29 is 14.6 Å². The molecular weight excluding hydrogens is 194 g/mol. The van der Waals surface area contributed by atoms with E-state index in [2.05, 4.69) is 0 Å². The quantitative estimate of drug-likeness (QED) is 0.766. The molecule has 0 aliphatic carbocycles. The molecule has 1 amide bonds. The molecule has 4 heteroatoms. The molecule has 1 rings (SSSR count). The van der Waals surface area contributed by atoms with Crippen LogP contribution in [0.1, 0.15) is 12.5 Å². The van der Waals surface area contributed by atoms with Crippen LogP contribution in [0.4, 0.5) is 4.79 Å². The van der Waals surface area contributed by atoms with Gasteiger partial charge in [0.15, 0.2) is 0 Å². The monoisotopic (exact) mass is 209 g/mol. The zero-order chi connectivity index (χ0) is 11.1. The van der Waals surface area contributed by atoms with Crippen molar-refractivity contribution >= 4 is 6.09 Å². The maximum Gasteiger partial charge on any atom is 0.411 e. The first kappa shape index (κ1) is 11.5. The van der Waals surface area contributed by atoms with E-state index in [4.69, 9.17) is 9.84 Å². The van der Waals surface area contributed by atoms with Crippen LogP contribution in [0.3, 0.4) is 0 Å². The van der Waals surface area contributed by atoms with Gasteiger partial charge in [0.25, 0.3) is 0 Å². The Bertz CT molecular complexity index is 300. The van der Waals surface area contributed by atoms with Crippen molar-refractivity contribution in [2.45, 2.75) is 13.5 Å². The Labute approximate surface area is 89.1 Å². The number of nitrogens with zero attached hydrogens (tertiary/aromatic N) is 1. The lowest BCUT2D eigenvalue weighted by molar-refractivity contribution is 0.0612. The normalized spacial score (nSPS) is 9.73. The van der Waals surface area contributed by atoms with Crippen molar-refractivity contribution in [3.8, 4) is 0 Å². The lowest BCUT2D eigenvalue weighted by atomic mass is 10.2. The molecule has 82 valence electrons. The van der Waals surface area contributed by atoms with Crippen LogP contribution in [-0.4, -0.2) is 29.4 Å². The van der Waals surface area contributed by atoms with E-state index >= 15 is 0 Å². The van der Waals surface area contributed by atoms with Crippen LogP contribution in [0.5, 0.6) is 0 Å². The van der Waals surface area contributed by atoms with E-state index in [0.717, 1.165) is 5.56 Å². The summed E-state index contributed by atoms with van der Waals surface area (Å²) in [5.74, 6) is 0. The maximum absolute atomic E-state index is 11.3. The van der Waals surface area contributed by atoms with Gasteiger partial charge in [0.1, 0.15) is 6.73 Å². The van der Waals surface area contributed by atoms with Gasteiger partial charge in [0, 0.05) is 0 Å². The fourth-order valence-corrected chi connectivity index (χ4v) is 1.19. The average molecular weight is 209 g/mol. The van der Waals surface area contributed by atoms with Crippen LogP contribution in [-0.2, 0) is 11.3 Å². The van der Waals surface area contributed by atoms with Crippen LogP contribution >= 0.6 is 0 Å². The van der Waals surface area contributed by atoms with E-state index in [1.54, 1.807) is 6.92 Å². The number of carbonyl (C=O) groups is 1. The summed E-state index contributed by atoms with van der Waals surface area (Å²) in [6.45, 7) is 2.06. The van der Waals surface area contributed by atoms with E-state index in [-0.39, 0.29) is 6.73 Å². The van der Waals surface area contributed by atoms with Crippen molar-refractivity contribution in [1.82, 2.24) is 4.90 Å². The molecule has 0 fully saturated rings. The van der Waals surface area contributed by atoms with Crippen molar-refractivity contribution in [3.05, 3.63) is 35.9 Å². The van der Waals surface area contributed by atoms with Gasteiger partial charge in [0.05, 0.1) is 13.2 Å². The fraction of sp³-hybridized carbons (Fsp3) is 0.364. The summed E-state index contributed by atoms with van der Waals surface area (Å²) in [5, 5.41) is 9.01. The molecule has 0 aromatic heterocycles. The molecule has 4 nitrogen and oxygen atoms in total. The minimum atomic E-state index is -0.496. The van der Waals surface area contributed by atoms with Crippen LogP contribution in [0.2, 0.25) is 0 Å². The van der Waals surface area contributed by atoms with Crippen molar-refractivity contribution in [2.75, 3.05) is 13.3 Å². The Hall–Kier alpha value is -1.55. The molecule has 0 saturated heterocycles. The summed E-state index contributed by atoms with van der Waals surface area (Å²) < 4.78 is 4.79. The average Bonchev–Trinajstić information content (AvgIpc) is 2.27. The number of rotatable bonds is 4. The molecule has 0 spiro atoms. The first-order chi connectivity index (χ1) is 7.27. The van der Waals surface area contributed by atoms with Crippen LogP contribution in [0, 0.1) is 0 Å². The van der Waals surface area contributed by atoms with Gasteiger partial charge in [-0.1, -0.05) is 30.3 Å². The van der Waals surface area contributed by atoms with Crippen molar-refractivity contribution in [1.29, 1.82) is 0 Å². The minimum absolute atomic E-state index is 0.310. The van der Waals surface area contributed by atoms with Gasteiger partial charge in [0.2, 0.25) is 0 Å². The van der Waals surface area contributed by atoms with Crippen LogP contribution in [0.25, 0.3) is 0 Å². The number of carbonyl (C=O) groups excluding carboxylic acids is 1. The Kier molecular flexibility index (Phi) is 4.63. The van der Waals surface area contributed by atoms with Gasteiger partial charge in [-0.05, 0) is 12.5 Å². The third-order valence-electron chi connectivity index (χ3n) is 1.91. The molecule has 1 aromatic carbocycles. The molecule has 0 atom stereocenters. The Balaban J connectivity index is 2.58. The molecule has 0 heterocycles. The second-order valence-corrected chi connectivity index (χ2v) is 3.02. The van der Waals surface area contributed by atoms with E-state index in [9.17, 15) is 4.79 Å². The third kappa shape index (κ3) is 3.59. The highest BCUT2D eigenvalue weighted by atomic mass is 16.6. The molecule has 0 saturated carbocycles. The predicted octanol–water partition coefficient (Wildman–Crippen LogP) is 1.59. The summed E-state index contributed by atoms with van der Waals surface area (Å²) in [5.41, 5.74) is 0.958. The summed E-state index contributed by atoms with van der Waals surface area (Å²) in [4.78, 5) is 12.6. The SMILES string of the molecule is CCOC(=O)N(CO)Cc1ccccc1. The second kappa shape index (κ2) is 6.03. The highest BCUT2D eigenvalue weighted by Crippen LogP contribution is 2.04. The minimum Gasteiger partial charge on any atom is -0.450 e. The maximum atomic E-state index is 11.3. The lowest BCUT2D eigenvalue weighted by Crippen LogP contribution is -2.31. The molecule has 0 unspecified atom stereocenters. The Morgan fingerprint density at radius 2 is 2.07 bits per heavy atom. The Morgan fingerprint density at radius 3 is 2.60 bits per heavy atom. The topological polar surface area (TPSA) is 49.8 Å². The zero-order valence-corrected chi connectivity index (χ0v) is 8.72. The van der Waals surface area contributed by atoms with Gasteiger partial charge < -0.3 is 9.84 Å². The Morgan fingerprint density at radius 1 is 1.40 bits per heavy atom. The lowest BCUT2D eigenvalue weighted by Gasteiger charge is -2.18. The molecular formula is C11H15NO3. The van der Waals surface area contributed by atoms with Gasteiger partial charge in [-0.25, -0.2) is 4.79 Å². The molecule has 0 aliphatic heterocycles. The summed E-state index contributed by atoms with van der Waals surface area (Å²) in [6, 6.07) is 9.45. The number of benzene rings is 1. The van der Waals surface area contributed by atoms with Gasteiger partial charge in [-0.15, -0.1) is 0 Å². The van der Waals surface area contributed by atoms with Crippen LogP contribution < -0.4 is 0 Å². The van der Waals surface area contributed by atoms with Crippen LogP contribution in [0.15, 0.2) is 30.3 Å². The van der Waals surface area contributed by atoms with E-state index in [1.165, 1.54) is 4.90 Å². The van der Waals surface area contributed by atoms with Gasteiger partial charge in [-0.3, -0.25) is 4.90 Å². The number of ether oxygens (including phenoxy) is 1. The second-order valence-electron chi connectivity index (χ2n) is 3.02. The van der Waals surface area contributed by atoms with Gasteiger partial charge in [-0.2, -0.15) is 0 Å². The van der Waals surface area contributed by atoms with Crippen molar-refractivity contribution in [3.63, 3.8) is 0 Å². The molecule has 0 bridgehead atoms. The first-order valence-corrected chi connectivity index (χ1v) is 4.84. The number of amides is 1. The van der Waals surface area contributed by atoms with E-state index < -0.39 is 6.09 Å². The molecule has 0 aliphatic rings. The summed E-state index contributed by atoms with van der Waals surface area (Å²) in [7, 11) is 0.